The van der Waals surface area contributed by atoms with Crippen molar-refractivity contribution in [1.82, 2.24) is 4.90 Å². The molecule has 2 atom stereocenters. The van der Waals surface area contributed by atoms with Gasteiger partial charge in [0.1, 0.15) is 0 Å². The molecule has 0 saturated heterocycles. The van der Waals surface area contributed by atoms with Crippen molar-refractivity contribution in [3.63, 3.8) is 0 Å². The van der Waals surface area contributed by atoms with Gasteiger partial charge >= 0.3 is 0 Å². The number of rotatable bonds is 7. The van der Waals surface area contributed by atoms with Crippen LogP contribution >= 0.6 is 0 Å². The molecule has 0 spiro atoms. The van der Waals surface area contributed by atoms with Crippen LogP contribution in [-0.2, 0) is 0 Å². The Balaban J connectivity index is 2.20. The molecule has 1 aromatic rings. The normalized spacial score (nSPS) is 18.9. The molecular weight excluding hydrogens is 248 g/mol. The predicted molar refractivity (Wildman–Crippen MR) is 83.6 cm³/mol. The van der Waals surface area contributed by atoms with E-state index >= 15 is 0 Å². The van der Waals surface area contributed by atoms with Gasteiger partial charge in [-0.1, -0.05) is 36.2 Å². The van der Waals surface area contributed by atoms with Crippen LogP contribution < -0.4 is 5.73 Å². The molecule has 20 heavy (non-hydrogen) atoms. The molecule has 2 rings (SSSR count). The molecule has 0 bridgehead atoms. The van der Waals surface area contributed by atoms with E-state index < -0.39 is 0 Å². The lowest BCUT2D eigenvalue weighted by molar-refractivity contribution is 0.0613. The summed E-state index contributed by atoms with van der Waals surface area (Å²) in [5.74, 6) is 0. The third-order valence-corrected chi connectivity index (χ3v) is 4.39. The van der Waals surface area contributed by atoms with Gasteiger partial charge in [-0.15, -0.1) is 0 Å². The average Bonchev–Trinajstić information content (AvgIpc) is 2.35. The number of hydrogen-bond acceptors (Lipinski definition) is 3. The second kappa shape index (κ2) is 7.21. The maximum atomic E-state index is 9.16. The smallest absolute Gasteiger partial charge is 0.0499 e. The molecule has 1 saturated carbocycles. The van der Waals surface area contributed by atoms with E-state index in [1.807, 2.05) is 0 Å². The topological polar surface area (TPSA) is 49.5 Å². The molecule has 1 aromatic carbocycles. The number of hydrogen-bond donors (Lipinski definition) is 2. The highest BCUT2D eigenvalue weighted by molar-refractivity contribution is 5.25. The monoisotopic (exact) mass is 276 g/mol. The van der Waals surface area contributed by atoms with Gasteiger partial charge in [0.25, 0.3) is 0 Å². The fourth-order valence-electron chi connectivity index (χ4n) is 3.08. The van der Waals surface area contributed by atoms with Crippen LogP contribution in [0.15, 0.2) is 24.3 Å². The second-order valence-electron chi connectivity index (χ2n) is 6.11. The molecule has 2 unspecified atom stereocenters. The molecule has 3 N–H and O–H groups in total. The third kappa shape index (κ3) is 3.60. The standard InChI is InChI=1S/C17H28N2O/c1-13-7-9-15(10-8-13)17(14(2)18)19(11-4-12-20)16-5-3-6-16/h7-10,14,16-17,20H,3-6,11-12,18H2,1-2H3. The van der Waals surface area contributed by atoms with Gasteiger partial charge in [0, 0.05) is 31.3 Å². The number of aryl methyl sites for hydroxylation is 1. The Morgan fingerprint density at radius 2 is 1.95 bits per heavy atom. The first-order chi connectivity index (χ1) is 9.63. The van der Waals surface area contributed by atoms with E-state index in [-0.39, 0.29) is 18.7 Å². The van der Waals surface area contributed by atoms with Gasteiger partial charge in [-0.3, -0.25) is 4.90 Å². The van der Waals surface area contributed by atoms with Crippen molar-refractivity contribution in [1.29, 1.82) is 0 Å². The van der Waals surface area contributed by atoms with Crippen LogP contribution in [0.4, 0.5) is 0 Å². The summed E-state index contributed by atoms with van der Waals surface area (Å²) in [6.45, 7) is 5.39. The van der Waals surface area contributed by atoms with E-state index in [4.69, 9.17) is 10.8 Å². The van der Waals surface area contributed by atoms with Crippen molar-refractivity contribution in [2.75, 3.05) is 13.2 Å². The maximum absolute atomic E-state index is 9.16. The van der Waals surface area contributed by atoms with Crippen molar-refractivity contribution in [2.45, 2.75) is 57.7 Å². The zero-order valence-electron chi connectivity index (χ0n) is 12.8. The summed E-state index contributed by atoms with van der Waals surface area (Å²) < 4.78 is 0. The van der Waals surface area contributed by atoms with Crippen molar-refractivity contribution in [3.8, 4) is 0 Å². The number of aliphatic hydroxyl groups excluding tert-OH is 1. The Morgan fingerprint density at radius 3 is 2.40 bits per heavy atom. The minimum atomic E-state index is 0.0944. The first-order valence-electron chi connectivity index (χ1n) is 7.82. The van der Waals surface area contributed by atoms with E-state index in [0.29, 0.717) is 6.04 Å². The third-order valence-electron chi connectivity index (χ3n) is 4.39. The molecule has 112 valence electrons. The highest BCUT2D eigenvalue weighted by Gasteiger charge is 2.32. The predicted octanol–water partition coefficient (Wildman–Crippen LogP) is 2.62. The van der Waals surface area contributed by atoms with Crippen molar-refractivity contribution < 1.29 is 5.11 Å². The number of nitrogens with zero attached hydrogens (tertiary/aromatic N) is 1. The Morgan fingerprint density at radius 1 is 1.30 bits per heavy atom. The molecule has 0 amide bonds. The van der Waals surface area contributed by atoms with Crippen molar-refractivity contribution in [2.24, 2.45) is 5.73 Å². The summed E-state index contributed by atoms with van der Waals surface area (Å²) in [5.41, 5.74) is 8.87. The summed E-state index contributed by atoms with van der Waals surface area (Å²) in [5, 5.41) is 9.16. The van der Waals surface area contributed by atoms with E-state index in [9.17, 15) is 0 Å². The summed E-state index contributed by atoms with van der Waals surface area (Å²) in [6.07, 6.45) is 4.67. The molecule has 3 nitrogen and oxygen atoms in total. The lowest BCUT2D eigenvalue weighted by Gasteiger charge is -2.44. The second-order valence-corrected chi connectivity index (χ2v) is 6.11. The molecule has 1 aliphatic carbocycles. The van der Waals surface area contributed by atoms with Gasteiger partial charge in [0.2, 0.25) is 0 Å². The largest absolute Gasteiger partial charge is 0.396 e. The molecular formula is C17H28N2O. The maximum Gasteiger partial charge on any atom is 0.0499 e. The van der Waals surface area contributed by atoms with Gasteiger partial charge in [-0.05, 0) is 38.7 Å². The first kappa shape index (κ1) is 15.5. The quantitative estimate of drug-likeness (QED) is 0.805. The summed E-state index contributed by atoms with van der Waals surface area (Å²) in [6, 6.07) is 9.72. The van der Waals surface area contributed by atoms with Crippen LogP contribution in [0.2, 0.25) is 0 Å². The van der Waals surface area contributed by atoms with Crippen LogP contribution in [0.25, 0.3) is 0 Å². The van der Waals surface area contributed by atoms with Gasteiger partial charge in [-0.25, -0.2) is 0 Å². The zero-order valence-corrected chi connectivity index (χ0v) is 12.8. The summed E-state index contributed by atoms with van der Waals surface area (Å²) >= 11 is 0. The SMILES string of the molecule is Cc1ccc(C(C(C)N)N(CCCO)C2CCC2)cc1. The van der Waals surface area contributed by atoms with Crippen LogP contribution in [0, 0.1) is 6.92 Å². The molecule has 0 heterocycles. The molecule has 0 aliphatic heterocycles. The van der Waals surface area contributed by atoms with Crippen LogP contribution in [0.5, 0.6) is 0 Å². The van der Waals surface area contributed by atoms with E-state index in [1.165, 1.54) is 30.4 Å². The Bertz CT molecular complexity index is 398. The highest BCUT2D eigenvalue weighted by Crippen LogP contribution is 2.34. The number of nitrogens with two attached hydrogens (primary N) is 1. The van der Waals surface area contributed by atoms with Crippen molar-refractivity contribution >= 4 is 0 Å². The molecule has 0 aromatic heterocycles. The van der Waals surface area contributed by atoms with Crippen molar-refractivity contribution in [3.05, 3.63) is 35.4 Å². The van der Waals surface area contributed by atoms with Crippen LogP contribution in [0.1, 0.15) is 49.8 Å². The fraction of sp³-hybridized carbons (Fsp3) is 0.647. The average molecular weight is 276 g/mol. The van der Waals surface area contributed by atoms with E-state index in [0.717, 1.165) is 13.0 Å². The Kier molecular flexibility index (Phi) is 5.58. The first-order valence-corrected chi connectivity index (χ1v) is 7.82. The fourth-order valence-corrected chi connectivity index (χ4v) is 3.08. The lowest BCUT2D eigenvalue weighted by Crippen LogP contribution is -2.48. The Hall–Kier alpha value is -0.900. The van der Waals surface area contributed by atoms with Crippen LogP contribution in [0.3, 0.4) is 0 Å². The number of benzene rings is 1. The molecule has 1 aliphatic rings. The van der Waals surface area contributed by atoms with Gasteiger partial charge in [0.05, 0.1) is 0 Å². The summed E-state index contributed by atoms with van der Waals surface area (Å²) in [4.78, 5) is 2.52. The van der Waals surface area contributed by atoms with Crippen LogP contribution in [-0.4, -0.2) is 35.2 Å². The van der Waals surface area contributed by atoms with Gasteiger partial charge in [-0.2, -0.15) is 0 Å². The van der Waals surface area contributed by atoms with Gasteiger partial charge < -0.3 is 10.8 Å². The minimum absolute atomic E-state index is 0.0944. The summed E-state index contributed by atoms with van der Waals surface area (Å²) in [7, 11) is 0. The zero-order chi connectivity index (χ0) is 14.5. The highest BCUT2D eigenvalue weighted by atomic mass is 16.3. The molecule has 3 heteroatoms. The lowest BCUT2D eigenvalue weighted by atomic mass is 9.87. The molecule has 0 radical (unpaired) electrons. The minimum Gasteiger partial charge on any atom is -0.396 e. The van der Waals surface area contributed by atoms with Gasteiger partial charge in [0.15, 0.2) is 0 Å². The van der Waals surface area contributed by atoms with E-state index in [1.54, 1.807) is 0 Å². The van der Waals surface area contributed by atoms with E-state index in [2.05, 4.69) is 43.0 Å². The Labute approximate surface area is 122 Å². The number of aliphatic hydroxyl groups is 1. The molecule has 1 fully saturated rings.